The Morgan fingerprint density at radius 1 is 1.32 bits per heavy atom. The van der Waals surface area contributed by atoms with Gasteiger partial charge in [0.05, 0.1) is 6.54 Å². The highest BCUT2D eigenvalue weighted by Gasteiger charge is 2.21. The maximum atomic E-state index is 6.11. The Hall–Kier alpha value is -2.27. The lowest BCUT2D eigenvalue weighted by Gasteiger charge is -2.33. The van der Waals surface area contributed by atoms with E-state index in [-0.39, 0.29) is 0 Å². The van der Waals surface area contributed by atoms with Gasteiger partial charge in [0, 0.05) is 33.2 Å². The van der Waals surface area contributed by atoms with Gasteiger partial charge in [-0.3, -0.25) is 9.89 Å². The molecule has 152 valence electrons. The van der Waals surface area contributed by atoms with Gasteiger partial charge in [-0.15, -0.1) is 0 Å². The van der Waals surface area contributed by atoms with Crippen molar-refractivity contribution < 1.29 is 0 Å². The number of benzene rings is 1. The third-order valence-electron chi connectivity index (χ3n) is 5.69. The standard InChI is InChI=1S/C23H35N5/c1-19(16-26(3)14-15-28-20(2)25-12-11-23(28)24)17-27-13-7-10-22(18-27)21-8-5-4-6-9-21/h4-6,8-9,11,16,22H,7,10,12-15,17-18,24H2,1-3H3/b19-16+. The van der Waals surface area contributed by atoms with E-state index in [1.165, 1.54) is 30.5 Å². The molecule has 0 spiro atoms. The molecule has 1 fully saturated rings. The third-order valence-corrected chi connectivity index (χ3v) is 5.69. The van der Waals surface area contributed by atoms with Crippen molar-refractivity contribution in [1.29, 1.82) is 0 Å². The van der Waals surface area contributed by atoms with Crippen molar-refractivity contribution in [3.05, 3.63) is 59.6 Å². The molecule has 0 amide bonds. The van der Waals surface area contributed by atoms with Crippen LogP contribution in [0.1, 0.15) is 38.2 Å². The first-order chi connectivity index (χ1) is 13.5. The van der Waals surface area contributed by atoms with E-state index in [0.29, 0.717) is 12.5 Å². The molecule has 2 N–H and O–H groups in total. The normalized spacial score (nSPS) is 21.3. The first-order valence-electron chi connectivity index (χ1n) is 10.4. The average Bonchev–Trinajstić information content (AvgIpc) is 2.68. The number of hydrogen-bond donors (Lipinski definition) is 1. The van der Waals surface area contributed by atoms with Gasteiger partial charge < -0.3 is 15.5 Å². The molecule has 5 nitrogen and oxygen atoms in total. The van der Waals surface area contributed by atoms with Crippen LogP contribution in [0.25, 0.3) is 0 Å². The van der Waals surface area contributed by atoms with Gasteiger partial charge in [-0.2, -0.15) is 0 Å². The molecule has 0 aromatic heterocycles. The van der Waals surface area contributed by atoms with Crippen molar-refractivity contribution in [1.82, 2.24) is 14.7 Å². The van der Waals surface area contributed by atoms with E-state index in [2.05, 4.69) is 70.2 Å². The van der Waals surface area contributed by atoms with E-state index in [1.807, 2.05) is 13.0 Å². The van der Waals surface area contributed by atoms with Gasteiger partial charge in [0.2, 0.25) is 0 Å². The number of hydrogen-bond acceptors (Lipinski definition) is 5. The second-order valence-corrected chi connectivity index (χ2v) is 8.11. The second kappa shape index (κ2) is 9.78. The molecule has 28 heavy (non-hydrogen) atoms. The third kappa shape index (κ3) is 5.61. The number of likely N-dealkylation sites (N-methyl/N-ethyl adjacent to an activating group) is 1. The van der Waals surface area contributed by atoms with Crippen LogP contribution in [0.15, 0.2) is 59.0 Å². The minimum absolute atomic E-state index is 0.664. The predicted molar refractivity (Wildman–Crippen MR) is 118 cm³/mol. The minimum atomic E-state index is 0.664. The Morgan fingerprint density at radius 2 is 2.11 bits per heavy atom. The number of rotatable bonds is 7. The van der Waals surface area contributed by atoms with Crippen LogP contribution in [0.2, 0.25) is 0 Å². The molecule has 3 rings (SSSR count). The smallest absolute Gasteiger partial charge is 0.102 e. The average molecular weight is 382 g/mol. The van der Waals surface area contributed by atoms with E-state index in [9.17, 15) is 0 Å². The van der Waals surface area contributed by atoms with E-state index >= 15 is 0 Å². The van der Waals surface area contributed by atoms with Crippen LogP contribution in [0, 0.1) is 0 Å². The van der Waals surface area contributed by atoms with Crippen LogP contribution >= 0.6 is 0 Å². The number of piperidine rings is 1. The summed E-state index contributed by atoms with van der Waals surface area (Å²) in [5, 5.41) is 0. The van der Waals surface area contributed by atoms with E-state index in [0.717, 1.165) is 37.8 Å². The molecule has 1 aromatic rings. The second-order valence-electron chi connectivity index (χ2n) is 8.11. The quantitative estimate of drug-likeness (QED) is 0.788. The van der Waals surface area contributed by atoms with Crippen LogP contribution in [0.4, 0.5) is 0 Å². The van der Waals surface area contributed by atoms with Crippen LogP contribution in [0.3, 0.4) is 0 Å². The fraction of sp³-hybridized carbons (Fsp3) is 0.522. The summed E-state index contributed by atoms with van der Waals surface area (Å²) >= 11 is 0. The number of nitrogens with two attached hydrogens (primary N) is 1. The molecule has 2 aliphatic heterocycles. The highest BCUT2D eigenvalue weighted by Crippen LogP contribution is 2.27. The van der Waals surface area contributed by atoms with Crippen molar-refractivity contribution in [2.24, 2.45) is 10.7 Å². The Bertz CT molecular complexity index is 704. The van der Waals surface area contributed by atoms with Crippen molar-refractivity contribution >= 4 is 5.84 Å². The van der Waals surface area contributed by atoms with Gasteiger partial charge in [-0.05, 0) is 62.6 Å². The fourth-order valence-corrected chi connectivity index (χ4v) is 4.23. The monoisotopic (exact) mass is 381 g/mol. The summed E-state index contributed by atoms with van der Waals surface area (Å²) in [4.78, 5) is 11.4. The topological polar surface area (TPSA) is 48.1 Å². The summed E-state index contributed by atoms with van der Waals surface area (Å²) < 4.78 is 0. The molecule has 1 atom stereocenters. The molecule has 1 unspecified atom stereocenters. The minimum Gasteiger partial charge on any atom is -0.385 e. The predicted octanol–water partition coefficient (Wildman–Crippen LogP) is 3.24. The van der Waals surface area contributed by atoms with Gasteiger partial charge in [0.25, 0.3) is 0 Å². The number of likely N-dealkylation sites (tertiary alicyclic amines) is 1. The number of nitrogens with zero attached hydrogens (tertiary/aromatic N) is 4. The molecule has 0 bridgehead atoms. The summed E-state index contributed by atoms with van der Waals surface area (Å²) in [6.45, 7) is 10.1. The first kappa shape index (κ1) is 20.5. The van der Waals surface area contributed by atoms with Gasteiger partial charge >= 0.3 is 0 Å². The van der Waals surface area contributed by atoms with E-state index in [4.69, 9.17) is 5.73 Å². The Labute approximate surface area is 170 Å². The molecular weight excluding hydrogens is 346 g/mol. The zero-order valence-corrected chi connectivity index (χ0v) is 17.6. The fourth-order valence-electron chi connectivity index (χ4n) is 4.23. The lowest BCUT2D eigenvalue weighted by atomic mass is 9.90. The molecule has 1 aromatic carbocycles. The molecule has 0 radical (unpaired) electrons. The Morgan fingerprint density at radius 3 is 2.86 bits per heavy atom. The van der Waals surface area contributed by atoms with Crippen LogP contribution in [-0.4, -0.2) is 66.9 Å². The SMILES string of the molecule is CC1=NCC=C(N)N1CCN(C)/C=C(\C)CN1CCCC(c2ccccc2)C1. The van der Waals surface area contributed by atoms with Crippen molar-refractivity contribution in [3.8, 4) is 0 Å². The summed E-state index contributed by atoms with van der Waals surface area (Å²) in [6, 6.07) is 11.0. The van der Waals surface area contributed by atoms with Crippen LogP contribution in [-0.2, 0) is 0 Å². The van der Waals surface area contributed by atoms with E-state index in [1.54, 1.807) is 0 Å². The zero-order chi connectivity index (χ0) is 19.9. The summed E-state index contributed by atoms with van der Waals surface area (Å²) in [5.74, 6) is 2.49. The van der Waals surface area contributed by atoms with Crippen molar-refractivity contribution in [2.75, 3.05) is 46.3 Å². The maximum Gasteiger partial charge on any atom is 0.102 e. The molecule has 1 saturated heterocycles. The Kier molecular flexibility index (Phi) is 7.15. The van der Waals surface area contributed by atoms with Crippen LogP contribution < -0.4 is 5.73 Å². The molecular formula is C23H35N5. The summed E-state index contributed by atoms with van der Waals surface area (Å²) in [5.41, 5.74) is 9.00. The Balaban J connectivity index is 1.48. The van der Waals surface area contributed by atoms with Crippen molar-refractivity contribution in [3.63, 3.8) is 0 Å². The van der Waals surface area contributed by atoms with Crippen LogP contribution in [0.5, 0.6) is 0 Å². The lowest BCUT2D eigenvalue weighted by molar-refractivity contribution is 0.222. The molecule has 2 aliphatic rings. The van der Waals surface area contributed by atoms with Crippen molar-refractivity contribution in [2.45, 2.75) is 32.6 Å². The van der Waals surface area contributed by atoms with Gasteiger partial charge in [-0.25, -0.2) is 0 Å². The highest BCUT2D eigenvalue weighted by molar-refractivity contribution is 5.82. The molecule has 0 aliphatic carbocycles. The number of amidine groups is 1. The summed E-state index contributed by atoms with van der Waals surface area (Å²) in [6.07, 6.45) is 6.84. The van der Waals surface area contributed by atoms with E-state index < -0.39 is 0 Å². The molecule has 0 saturated carbocycles. The largest absolute Gasteiger partial charge is 0.385 e. The maximum absolute atomic E-state index is 6.11. The lowest BCUT2D eigenvalue weighted by Crippen LogP contribution is -2.39. The first-order valence-corrected chi connectivity index (χ1v) is 10.4. The zero-order valence-electron chi connectivity index (χ0n) is 17.6. The molecule has 2 heterocycles. The highest BCUT2D eigenvalue weighted by atomic mass is 15.3. The van der Waals surface area contributed by atoms with Gasteiger partial charge in [-0.1, -0.05) is 30.3 Å². The van der Waals surface area contributed by atoms with Gasteiger partial charge in [0.15, 0.2) is 0 Å². The van der Waals surface area contributed by atoms with Gasteiger partial charge in [0.1, 0.15) is 11.7 Å². The molecule has 5 heteroatoms. The number of aliphatic imine (C=N–C) groups is 1. The summed E-state index contributed by atoms with van der Waals surface area (Å²) in [7, 11) is 2.14.